The summed E-state index contributed by atoms with van der Waals surface area (Å²) in [6, 6.07) is 40.9. The summed E-state index contributed by atoms with van der Waals surface area (Å²) in [4.78, 5) is 0. The van der Waals surface area contributed by atoms with Crippen molar-refractivity contribution in [1.29, 1.82) is 0 Å². The molecule has 4 heteroatoms. The van der Waals surface area contributed by atoms with Gasteiger partial charge >= 0.3 is 0 Å². The van der Waals surface area contributed by atoms with Gasteiger partial charge in [-0.3, -0.25) is 0 Å². The van der Waals surface area contributed by atoms with Crippen LogP contribution in [0.5, 0.6) is 0 Å². The molecule has 0 aliphatic rings. The lowest BCUT2D eigenvalue weighted by Gasteiger charge is -2.19. The van der Waals surface area contributed by atoms with Crippen LogP contribution in [0.2, 0.25) is 0 Å². The van der Waals surface area contributed by atoms with Crippen LogP contribution in [0.4, 0.5) is 0 Å². The van der Waals surface area contributed by atoms with E-state index in [1.165, 1.54) is 100 Å². The van der Waals surface area contributed by atoms with Crippen LogP contribution in [0.1, 0.15) is 55.6 Å². The molecule has 0 saturated heterocycles. The van der Waals surface area contributed by atoms with Crippen LogP contribution in [0.3, 0.4) is 0 Å². The number of benzene rings is 5. The Morgan fingerprint density at radius 2 is 0.574 bits per heavy atom. The maximum absolute atomic E-state index is 3.54. The van der Waals surface area contributed by atoms with E-state index in [1.54, 1.807) is 0 Å². The minimum atomic E-state index is 0.860. The van der Waals surface area contributed by atoms with Gasteiger partial charge in [0.25, 0.3) is 0 Å². The van der Waals surface area contributed by atoms with Gasteiger partial charge in [0, 0.05) is 46.1 Å². The predicted octanol–water partition coefficient (Wildman–Crippen LogP) is 12.7. The maximum atomic E-state index is 3.54. The maximum Gasteiger partial charge on any atom is 0.173 e. The van der Waals surface area contributed by atoms with E-state index in [0.29, 0.717) is 0 Å². The number of aromatic nitrogens is 2. The fourth-order valence-electron chi connectivity index (χ4n) is 7.60. The van der Waals surface area contributed by atoms with E-state index in [2.05, 4.69) is 217 Å². The Kier molecular flexibility index (Phi) is 11.4. The van der Waals surface area contributed by atoms with Crippen molar-refractivity contribution in [2.45, 2.75) is 65.3 Å². The molecule has 5 aromatic carbocycles. The molecule has 0 unspecified atom stereocenters. The van der Waals surface area contributed by atoms with Crippen molar-refractivity contribution in [1.82, 2.24) is 0 Å². The summed E-state index contributed by atoms with van der Waals surface area (Å²) in [6.45, 7) is 15.2. The molecule has 2 nitrogen and oxygen atoms in total. The van der Waals surface area contributed by atoms with Gasteiger partial charge in [-0.2, -0.15) is 0 Å². The molecule has 0 spiro atoms. The summed E-state index contributed by atoms with van der Waals surface area (Å²) < 4.78 is 4.49. The zero-order valence-electron chi connectivity index (χ0n) is 32.2. The highest BCUT2D eigenvalue weighted by Crippen LogP contribution is 2.38. The van der Waals surface area contributed by atoms with Gasteiger partial charge < -0.3 is 0 Å². The van der Waals surface area contributed by atoms with Gasteiger partial charge in [0.2, 0.25) is 0 Å². The summed E-state index contributed by atoms with van der Waals surface area (Å²) in [5.41, 5.74) is 23.3. The van der Waals surface area contributed by atoms with Gasteiger partial charge in [-0.05, 0) is 131 Å². The lowest BCUT2D eigenvalue weighted by molar-refractivity contribution is -0.688. The summed E-state index contributed by atoms with van der Waals surface area (Å²) in [7, 11) is 0. The molecular formula is C50H48Br2N2+2. The molecule has 0 saturated carbocycles. The third-order valence-electron chi connectivity index (χ3n) is 10.8. The van der Waals surface area contributed by atoms with E-state index in [-0.39, 0.29) is 0 Å². The van der Waals surface area contributed by atoms with Gasteiger partial charge in [-0.25, -0.2) is 9.13 Å². The molecule has 0 amide bonds. The summed E-state index contributed by atoms with van der Waals surface area (Å²) in [6.07, 6.45) is 8.78. The minimum absolute atomic E-state index is 0.860. The van der Waals surface area contributed by atoms with E-state index in [1.807, 2.05) is 0 Å². The Balaban J connectivity index is 1.10. The first-order valence-electron chi connectivity index (χ1n) is 18.7. The zero-order valence-corrected chi connectivity index (χ0v) is 35.4. The molecule has 0 atom stereocenters. The number of halogens is 2. The molecule has 54 heavy (non-hydrogen) atoms. The Labute approximate surface area is 338 Å². The standard InChI is InChI=1S/C50H48Br2N2/c1-33-25-47(35(3)23-45(33)43-15-19-53(20-16-43)31-41-11-7-39(29-51)8-12-41)49-27-38(6)50(28-37(49)5)48-26-34(2)46(24-36(48)4)44-17-21-54(22-18-44)32-42-13-9-40(30-52)10-14-42/h7-28H,29-32H2,1-6H3/q+2. The largest absolute Gasteiger partial charge is 0.201 e. The molecule has 0 N–H and O–H groups in total. The summed E-state index contributed by atoms with van der Waals surface area (Å²) >= 11 is 7.08. The highest BCUT2D eigenvalue weighted by Gasteiger charge is 2.17. The third kappa shape index (κ3) is 8.21. The van der Waals surface area contributed by atoms with Crippen molar-refractivity contribution in [3.05, 3.63) is 190 Å². The lowest BCUT2D eigenvalue weighted by Crippen LogP contribution is -2.33. The molecule has 0 aliphatic carbocycles. The predicted molar refractivity (Wildman–Crippen MR) is 233 cm³/mol. The van der Waals surface area contributed by atoms with Crippen molar-refractivity contribution in [2.24, 2.45) is 0 Å². The summed E-state index contributed by atoms with van der Waals surface area (Å²) in [5.74, 6) is 0. The number of hydrogen-bond acceptors (Lipinski definition) is 0. The van der Waals surface area contributed by atoms with Crippen LogP contribution in [-0.2, 0) is 23.7 Å². The van der Waals surface area contributed by atoms with Crippen molar-refractivity contribution < 1.29 is 9.13 Å². The zero-order chi connectivity index (χ0) is 37.9. The number of hydrogen-bond donors (Lipinski definition) is 0. The van der Waals surface area contributed by atoms with E-state index < -0.39 is 0 Å². The minimum Gasteiger partial charge on any atom is -0.201 e. The first-order chi connectivity index (χ1) is 26.1. The van der Waals surface area contributed by atoms with Crippen LogP contribution < -0.4 is 9.13 Å². The van der Waals surface area contributed by atoms with Gasteiger partial charge in [-0.1, -0.05) is 117 Å². The van der Waals surface area contributed by atoms with Crippen LogP contribution in [0, 0.1) is 41.5 Å². The smallest absolute Gasteiger partial charge is 0.173 e. The topological polar surface area (TPSA) is 7.76 Å². The molecular weight excluding hydrogens is 788 g/mol. The Bertz CT molecular complexity index is 2250. The highest BCUT2D eigenvalue weighted by atomic mass is 79.9. The molecule has 2 heterocycles. The number of pyridine rings is 2. The SMILES string of the molecule is Cc1cc(-c2cc(C)c(-c3cc(C)c(-c4cc[n+](Cc5ccc(CBr)cc5)cc4)cc3C)cc2C)c(C)cc1-c1cc[n+](Cc2ccc(CBr)cc2)cc1. The molecule has 0 fully saturated rings. The molecule has 0 aliphatic heterocycles. The Morgan fingerprint density at radius 1 is 0.333 bits per heavy atom. The van der Waals surface area contributed by atoms with Gasteiger partial charge in [0.1, 0.15) is 0 Å². The van der Waals surface area contributed by atoms with Crippen molar-refractivity contribution in [3.8, 4) is 44.5 Å². The van der Waals surface area contributed by atoms with Crippen molar-refractivity contribution >= 4 is 31.9 Å². The third-order valence-corrected chi connectivity index (χ3v) is 12.1. The lowest BCUT2D eigenvalue weighted by atomic mass is 9.86. The highest BCUT2D eigenvalue weighted by molar-refractivity contribution is 9.08. The summed E-state index contributed by atoms with van der Waals surface area (Å²) in [5, 5.41) is 1.77. The van der Waals surface area contributed by atoms with Crippen LogP contribution in [0.25, 0.3) is 44.5 Å². The van der Waals surface area contributed by atoms with Gasteiger partial charge in [0.05, 0.1) is 0 Å². The van der Waals surface area contributed by atoms with Crippen LogP contribution >= 0.6 is 31.9 Å². The van der Waals surface area contributed by atoms with Gasteiger partial charge in [-0.15, -0.1) is 0 Å². The second-order valence-corrected chi connectivity index (χ2v) is 16.0. The molecule has 0 radical (unpaired) electrons. The fourth-order valence-corrected chi connectivity index (χ4v) is 8.35. The average molecular weight is 837 g/mol. The quantitative estimate of drug-likeness (QED) is 0.0958. The number of alkyl halides is 2. The van der Waals surface area contributed by atoms with Crippen molar-refractivity contribution in [3.63, 3.8) is 0 Å². The molecule has 270 valence electrons. The normalized spacial score (nSPS) is 11.3. The first kappa shape index (κ1) is 37.7. The number of nitrogens with zero attached hydrogens (tertiary/aromatic N) is 2. The van der Waals surface area contributed by atoms with E-state index in [0.717, 1.165) is 23.7 Å². The van der Waals surface area contributed by atoms with Crippen LogP contribution in [-0.4, -0.2) is 0 Å². The monoisotopic (exact) mass is 834 g/mol. The number of aryl methyl sites for hydroxylation is 6. The first-order valence-corrected chi connectivity index (χ1v) is 21.0. The van der Waals surface area contributed by atoms with Crippen molar-refractivity contribution in [2.75, 3.05) is 0 Å². The second-order valence-electron chi connectivity index (χ2n) is 14.9. The molecule has 7 rings (SSSR count). The average Bonchev–Trinajstić information content (AvgIpc) is 3.18. The molecule has 7 aromatic rings. The number of rotatable bonds is 10. The van der Waals surface area contributed by atoms with E-state index >= 15 is 0 Å². The van der Waals surface area contributed by atoms with E-state index in [4.69, 9.17) is 0 Å². The fraction of sp³-hybridized carbons (Fsp3) is 0.200. The van der Waals surface area contributed by atoms with Crippen LogP contribution in [0.15, 0.2) is 134 Å². The molecule has 0 bridgehead atoms. The molecule has 2 aromatic heterocycles. The Hall–Kier alpha value is -4.64. The second kappa shape index (κ2) is 16.4. The Morgan fingerprint density at radius 3 is 0.852 bits per heavy atom. The van der Waals surface area contributed by atoms with E-state index in [9.17, 15) is 0 Å². The van der Waals surface area contributed by atoms with Gasteiger partial charge in [0.15, 0.2) is 37.9 Å².